The molecule has 1 saturated carbocycles. The van der Waals surface area contributed by atoms with Crippen LogP contribution in [-0.4, -0.2) is 27.8 Å². The summed E-state index contributed by atoms with van der Waals surface area (Å²) >= 11 is 0. The van der Waals surface area contributed by atoms with Gasteiger partial charge in [-0.2, -0.15) is 4.98 Å². The lowest BCUT2D eigenvalue weighted by Crippen LogP contribution is -2.17. The van der Waals surface area contributed by atoms with E-state index < -0.39 is 11.9 Å². The summed E-state index contributed by atoms with van der Waals surface area (Å²) in [5, 5.41) is 13.2. The lowest BCUT2D eigenvalue weighted by molar-refractivity contribution is -0.142. The molecule has 6 nitrogen and oxygen atoms in total. The summed E-state index contributed by atoms with van der Waals surface area (Å²) in [5.74, 6) is 0.0244. The number of carbonyl (C=O) groups is 1. The third kappa shape index (κ3) is 3.36. The Morgan fingerprint density at radius 1 is 1.45 bits per heavy atom. The smallest absolute Gasteiger partial charge is 0.307 e. The predicted octanol–water partition coefficient (Wildman–Crippen LogP) is 2.60. The van der Waals surface area contributed by atoms with Gasteiger partial charge in [-0.15, -0.1) is 0 Å². The van der Waals surface area contributed by atoms with Crippen molar-refractivity contribution in [1.29, 1.82) is 0 Å². The zero-order chi connectivity index (χ0) is 14.5. The maximum Gasteiger partial charge on any atom is 0.307 e. The summed E-state index contributed by atoms with van der Waals surface area (Å²) in [4.78, 5) is 15.6. The molecule has 1 heterocycles. The van der Waals surface area contributed by atoms with E-state index in [0.717, 1.165) is 19.3 Å². The number of carboxylic acids is 1. The van der Waals surface area contributed by atoms with Gasteiger partial charge in [-0.25, -0.2) is 0 Å². The Labute approximate surface area is 118 Å². The van der Waals surface area contributed by atoms with Gasteiger partial charge >= 0.3 is 5.97 Å². The second-order valence-electron chi connectivity index (χ2n) is 5.40. The number of nitrogens with zero attached hydrogens (tertiary/aromatic N) is 2. The lowest BCUT2D eigenvalue weighted by atomic mass is 9.96. The molecule has 3 unspecified atom stereocenters. The van der Waals surface area contributed by atoms with E-state index in [1.54, 1.807) is 0 Å². The largest absolute Gasteiger partial charge is 0.481 e. The fourth-order valence-corrected chi connectivity index (χ4v) is 2.81. The first-order valence-electron chi connectivity index (χ1n) is 7.28. The molecule has 1 fully saturated rings. The Morgan fingerprint density at radius 3 is 2.90 bits per heavy atom. The minimum absolute atomic E-state index is 0.162. The fraction of sp³-hybridized carbons (Fsp3) is 0.786. The molecule has 0 aliphatic heterocycles. The number of rotatable bonds is 7. The topological polar surface area (TPSA) is 85.5 Å². The molecule has 0 bridgehead atoms. The number of carboxylic acid groups (broad SMARTS) is 1. The summed E-state index contributed by atoms with van der Waals surface area (Å²) in [6, 6.07) is 0. The highest BCUT2D eigenvalue weighted by molar-refractivity contribution is 5.71. The van der Waals surface area contributed by atoms with E-state index in [1.807, 2.05) is 6.92 Å². The van der Waals surface area contributed by atoms with E-state index in [1.165, 1.54) is 0 Å². The summed E-state index contributed by atoms with van der Waals surface area (Å²) in [6.07, 6.45) is 3.43. The van der Waals surface area contributed by atoms with Crippen molar-refractivity contribution in [3.8, 4) is 0 Å². The van der Waals surface area contributed by atoms with Gasteiger partial charge < -0.3 is 14.4 Å². The highest BCUT2D eigenvalue weighted by Crippen LogP contribution is 2.43. The molecule has 6 heteroatoms. The average molecular weight is 282 g/mol. The van der Waals surface area contributed by atoms with Gasteiger partial charge in [0.1, 0.15) is 6.61 Å². The molecule has 3 atom stereocenters. The molecule has 0 spiro atoms. The Kier molecular flexibility index (Phi) is 5.11. The molecule has 0 radical (unpaired) electrons. The third-order valence-corrected chi connectivity index (χ3v) is 3.94. The van der Waals surface area contributed by atoms with Crippen LogP contribution in [-0.2, 0) is 16.1 Å². The van der Waals surface area contributed by atoms with E-state index >= 15 is 0 Å². The highest BCUT2D eigenvalue weighted by atomic mass is 16.5. The number of hydrogen-bond acceptors (Lipinski definition) is 5. The maximum absolute atomic E-state index is 11.3. The van der Waals surface area contributed by atoms with Crippen molar-refractivity contribution < 1.29 is 19.2 Å². The van der Waals surface area contributed by atoms with Crippen LogP contribution in [0, 0.1) is 11.8 Å². The minimum Gasteiger partial charge on any atom is -0.481 e. The molecule has 0 saturated heterocycles. The van der Waals surface area contributed by atoms with Gasteiger partial charge in [0, 0.05) is 6.61 Å². The quantitative estimate of drug-likeness (QED) is 0.774. The van der Waals surface area contributed by atoms with E-state index in [-0.39, 0.29) is 5.92 Å². The molecule has 1 N–H and O–H groups in total. The second kappa shape index (κ2) is 6.83. The SMILES string of the molecule is CCCOCc1noc(C2CC(CC)CC2C(=O)O)n1. The molecule has 0 aromatic carbocycles. The highest BCUT2D eigenvalue weighted by Gasteiger charge is 2.41. The van der Waals surface area contributed by atoms with Crippen LogP contribution in [0.5, 0.6) is 0 Å². The zero-order valence-electron chi connectivity index (χ0n) is 12.0. The first-order chi connectivity index (χ1) is 9.65. The van der Waals surface area contributed by atoms with Gasteiger partial charge in [0.15, 0.2) is 5.82 Å². The van der Waals surface area contributed by atoms with Crippen LogP contribution in [0.4, 0.5) is 0 Å². The molecule has 0 amide bonds. The Hall–Kier alpha value is -1.43. The molecular weight excluding hydrogens is 260 g/mol. The normalized spacial score (nSPS) is 26.0. The number of aromatic nitrogens is 2. The maximum atomic E-state index is 11.3. The van der Waals surface area contributed by atoms with Gasteiger partial charge in [-0.05, 0) is 25.2 Å². The summed E-state index contributed by atoms with van der Waals surface area (Å²) in [7, 11) is 0. The monoisotopic (exact) mass is 282 g/mol. The fourth-order valence-electron chi connectivity index (χ4n) is 2.81. The van der Waals surface area contributed by atoms with Crippen molar-refractivity contribution in [2.75, 3.05) is 6.61 Å². The van der Waals surface area contributed by atoms with E-state index in [0.29, 0.717) is 37.3 Å². The summed E-state index contributed by atoms with van der Waals surface area (Å²) in [5.41, 5.74) is 0. The Morgan fingerprint density at radius 2 is 2.25 bits per heavy atom. The van der Waals surface area contributed by atoms with Crippen molar-refractivity contribution in [2.24, 2.45) is 11.8 Å². The zero-order valence-corrected chi connectivity index (χ0v) is 12.0. The number of hydrogen-bond donors (Lipinski definition) is 1. The van der Waals surface area contributed by atoms with Crippen LogP contribution in [0.1, 0.15) is 57.2 Å². The summed E-state index contributed by atoms with van der Waals surface area (Å²) < 4.78 is 10.6. The molecule has 1 aromatic rings. The van der Waals surface area contributed by atoms with Gasteiger partial charge in [0.25, 0.3) is 0 Å². The van der Waals surface area contributed by atoms with Gasteiger partial charge in [0.2, 0.25) is 5.89 Å². The molecule has 112 valence electrons. The molecule has 1 aromatic heterocycles. The van der Waals surface area contributed by atoms with Crippen LogP contribution in [0.25, 0.3) is 0 Å². The number of aliphatic carboxylic acids is 1. The first kappa shape index (κ1) is 15.0. The first-order valence-corrected chi connectivity index (χ1v) is 7.28. The molecular formula is C14H22N2O4. The molecule has 20 heavy (non-hydrogen) atoms. The van der Waals surface area contributed by atoms with Gasteiger partial charge in [-0.1, -0.05) is 25.4 Å². The van der Waals surface area contributed by atoms with Crippen LogP contribution in [0.3, 0.4) is 0 Å². The minimum atomic E-state index is -0.770. The Balaban J connectivity index is 2.04. The van der Waals surface area contributed by atoms with Gasteiger partial charge in [0.05, 0.1) is 11.8 Å². The van der Waals surface area contributed by atoms with Crippen molar-refractivity contribution in [3.05, 3.63) is 11.7 Å². The van der Waals surface area contributed by atoms with Crippen LogP contribution >= 0.6 is 0 Å². The van der Waals surface area contributed by atoms with E-state index in [4.69, 9.17) is 9.26 Å². The van der Waals surface area contributed by atoms with Gasteiger partial charge in [-0.3, -0.25) is 4.79 Å². The molecule has 1 aliphatic carbocycles. The summed E-state index contributed by atoms with van der Waals surface area (Å²) in [6.45, 7) is 5.09. The average Bonchev–Trinajstić information content (AvgIpc) is 3.04. The van der Waals surface area contributed by atoms with E-state index in [2.05, 4.69) is 17.1 Å². The lowest BCUT2D eigenvalue weighted by Gasteiger charge is -2.09. The third-order valence-electron chi connectivity index (χ3n) is 3.94. The molecule has 2 rings (SSSR count). The van der Waals surface area contributed by atoms with Crippen LogP contribution in [0.2, 0.25) is 0 Å². The Bertz CT molecular complexity index is 446. The van der Waals surface area contributed by atoms with E-state index in [9.17, 15) is 9.90 Å². The number of ether oxygens (including phenoxy) is 1. The van der Waals surface area contributed by atoms with Crippen molar-refractivity contribution in [2.45, 2.75) is 52.1 Å². The van der Waals surface area contributed by atoms with Crippen molar-refractivity contribution in [1.82, 2.24) is 10.1 Å². The van der Waals surface area contributed by atoms with Crippen LogP contribution in [0.15, 0.2) is 4.52 Å². The second-order valence-corrected chi connectivity index (χ2v) is 5.40. The van der Waals surface area contributed by atoms with Crippen LogP contribution < -0.4 is 0 Å². The van der Waals surface area contributed by atoms with Crippen molar-refractivity contribution in [3.63, 3.8) is 0 Å². The predicted molar refractivity (Wildman–Crippen MR) is 71.1 cm³/mol. The van der Waals surface area contributed by atoms with Crippen molar-refractivity contribution >= 4 is 5.97 Å². The molecule has 1 aliphatic rings. The standard InChI is InChI=1S/C14H22N2O4/c1-3-5-19-8-12-15-13(20-16-12)10-6-9(4-2)7-11(10)14(17)18/h9-11H,3-8H2,1-2H3,(H,17,18).